The molecule has 8 nitrogen and oxygen atoms in total. The molecule has 0 bridgehead atoms. The van der Waals surface area contributed by atoms with Crippen LogP contribution in [0.5, 0.6) is 0 Å². The van der Waals surface area contributed by atoms with E-state index in [1.54, 1.807) is 12.4 Å². The van der Waals surface area contributed by atoms with E-state index in [4.69, 9.17) is 0 Å². The average Bonchev–Trinajstić information content (AvgIpc) is 3.02. The number of nitrogens with one attached hydrogen (secondary N) is 1. The van der Waals surface area contributed by atoms with Crippen molar-refractivity contribution in [2.45, 2.75) is 39.9 Å². The zero-order valence-corrected chi connectivity index (χ0v) is 14.9. The Balaban J connectivity index is 1.57. The van der Waals surface area contributed by atoms with Crippen molar-refractivity contribution in [3.8, 4) is 11.4 Å². The highest BCUT2D eigenvalue weighted by Crippen LogP contribution is 2.20. The van der Waals surface area contributed by atoms with Gasteiger partial charge >= 0.3 is 0 Å². The molecule has 0 amide bonds. The summed E-state index contributed by atoms with van der Waals surface area (Å²) < 4.78 is 1.95. The molecule has 1 aliphatic rings. The van der Waals surface area contributed by atoms with Crippen LogP contribution in [0.3, 0.4) is 0 Å². The van der Waals surface area contributed by atoms with Crippen LogP contribution in [-0.2, 0) is 26.1 Å². The van der Waals surface area contributed by atoms with Crippen molar-refractivity contribution in [1.29, 1.82) is 0 Å². The fourth-order valence-corrected chi connectivity index (χ4v) is 3.29. The van der Waals surface area contributed by atoms with E-state index in [0.717, 1.165) is 48.6 Å². The van der Waals surface area contributed by atoms with E-state index in [1.807, 2.05) is 11.6 Å². The zero-order valence-electron chi connectivity index (χ0n) is 14.9. The van der Waals surface area contributed by atoms with Crippen LogP contribution in [0.25, 0.3) is 11.4 Å². The van der Waals surface area contributed by atoms with Crippen molar-refractivity contribution in [1.82, 2.24) is 34.6 Å². The second kappa shape index (κ2) is 6.80. The SMILES string of the molecule is CCn1cc(CN2CCc3nc(-c4cncnc4)[nH]c(=O)c3C2)c(C)n1. The molecular weight excluding hydrogens is 330 g/mol. The Labute approximate surface area is 151 Å². The fourth-order valence-electron chi connectivity index (χ4n) is 3.29. The summed E-state index contributed by atoms with van der Waals surface area (Å²) >= 11 is 0. The third-order valence-corrected chi connectivity index (χ3v) is 4.75. The lowest BCUT2D eigenvalue weighted by Gasteiger charge is -2.27. The first-order chi connectivity index (χ1) is 12.6. The molecule has 0 aromatic carbocycles. The number of fused-ring (bicyclic) bond motifs is 1. The van der Waals surface area contributed by atoms with Crippen LogP contribution in [0.2, 0.25) is 0 Å². The summed E-state index contributed by atoms with van der Waals surface area (Å²) in [7, 11) is 0. The third-order valence-electron chi connectivity index (χ3n) is 4.75. The van der Waals surface area contributed by atoms with Crippen LogP contribution in [-0.4, -0.2) is 41.2 Å². The smallest absolute Gasteiger partial charge is 0.255 e. The van der Waals surface area contributed by atoms with Crippen LogP contribution in [0.1, 0.15) is 29.4 Å². The van der Waals surface area contributed by atoms with Crippen molar-refractivity contribution >= 4 is 0 Å². The number of nitrogens with zero attached hydrogens (tertiary/aromatic N) is 6. The van der Waals surface area contributed by atoms with Gasteiger partial charge in [0.25, 0.3) is 5.56 Å². The molecule has 0 saturated heterocycles. The number of H-pyrrole nitrogens is 1. The quantitative estimate of drug-likeness (QED) is 0.762. The van der Waals surface area contributed by atoms with Gasteiger partial charge in [0.2, 0.25) is 0 Å². The number of aromatic amines is 1. The fraction of sp³-hybridized carbons (Fsp3) is 0.389. The van der Waals surface area contributed by atoms with Crippen LogP contribution in [0.4, 0.5) is 0 Å². The van der Waals surface area contributed by atoms with Crippen molar-refractivity contribution in [3.05, 3.63) is 57.8 Å². The minimum absolute atomic E-state index is 0.0838. The summed E-state index contributed by atoms with van der Waals surface area (Å²) in [5.74, 6) is 0.530. The predicted molar refractivity (Wildman–Crippen MR) is 96.3 cm³/mol. The molecule has 4 heterocycles. The maximum absolute atomic E-state index is 12.6. The second-order valence-corrected chi connectivity index (χ2v) is 6.52. The molecule has 3 aromatic rings. The number of hydrogen-bond donors (Lipinski definition) is 1. The zero-order chi connectivity index (χ0) is 18.1. The molecule has 0 saturated carbocycles. The number of hydrogen-bond acceptors (Lipinski definition) is 6. The van der Waals surface area contributed by atoms with Crippen molar-refractivity contribution in [2.24, 2.45) is 0 Å². The maximum Gasteiger partial charge on any atom is 0.255 e. The maximum atomic E-state index is 12.6. The Morgan fingerprint density at radius 1 is 1.27 bits per heavy atom. The third kappa shape index (κ3) is 3.15. The highest BCUT2D eigenvalue weighted by atomic mass is 16.1. The van der Waals surface area contributed by atoms with Gasteiger partial charge < -0.3 is 4.98 Å². The molecular formula is C18H21N7O. The number of aryl methyl sites for hydroxylation is 2. The van der Waals surface area contributed by atoms with Gasteiger partial charge in [0.15, 0.2) is 0 Å². The molecule has 1 aliphatic heterocycles. The topological polar surface area (TPSA) is 92.6 Å². The number of rotatable bonds is 4. The highest BCUT2D eigenvalue weighted by molar-refractivity contribution is 5.52. The molecule has 26 heavy (non-hydrogen) atoms. The summed E-state index contributed by atoms with van der Waals surface area (Å²) in [6.07, 6.45) is 7.61. The lowest BCUT2D eigenvalue weighted by atomic mass is 10.1. The van der Waals surface area contributed by atoms with Gasteiger partial charge in [-0.05, 0) is 13.8 Å². The largest absolute Gasteiger partial charge is 0.306 e. The van der Waals surface area contributed by atoms with E-state index in [0.29, 0.717) is 12.4 Å². The van der Waals surface area contributed by atoms with E-state index >= 15 is 0 Å². The van der Waals surface area contributed by atoms with Gasteiger partial charge in [0.1, 0.15) is 12.2 Å². The summed E-state index contributed by atoms with van der Waals surface area (Å²) in [6.45, 7) is 7.22. The van der Waals surface area contributed by atoms with Crippen molar-refractivity contribution in [3.63, 3.8) is 0 Å². The molecule has 0 atom stereocenters. The molecule has 0 fully saturated rings. The standard InChI is InChI=1S/C18H21N7O/c1-3-25-9-14(12(2)23-25)8-24-5-4-16-15(10-24)18(26)22-17(21-16)13-6-19-11-20-7-13/h6-7,9,11H,3-5,8,10H2,1-2H3,(H,21,22,26). The Hall–Kier alpha value is -2.87. The Morgan fingerprint density at radius 2 is 2.08 bits per heavy atom. The lowest BCUT2D eigenvalue weighted by Crippen LogP contribution is -2.35. The lowest BCUT2D eigenvalue weighted by molar-refractivity contribution is 0.241. The molecule has 0 spiro atoms. The molecule has 1 N–H and O–H groups in total. The first kappa shape index (κ1) is 16.6. The molecule has 8 heteroatoms. The van der Waals surface area contributed by atoms with Gasteiger partial charge in [-0.3, -0.25) is 14.4 Å². The van der Waals surface area contributed by atoms with E-state index < -0.39 is 0 Å². The monoisotopic (exact) mass is 351 g/mol. The second-order valence-electron chi connectivity index (χ2n) is 6.52. The molecule has 0 radical (unpaired) electrons. The molecule has 4 rings (SSSR count). The van der Waals surface area contributed by atoms with Crippen LogP contribution in [0, 0.1) is 6.92 Å². The Morgan fingerprint density at radius 3 is 2.81 bits per heavy atom. The summed E-state index contributed by atoms with van der Waals surface area (Å²) in [5.41, 5.74) is 4.50. The minimum Gasteiger partial charge on any atom is -0.306 e. The normalized spacial score (nSPS) is 14.4. The van der Waals surface area contributed by atoms with Crippen molar-refractivity contribution < 1.29 is 0 Å². The first-order valence-corrected chi connectivity index (χ1v) is 8.76. The van der Waals surface area contributed by atoms with Gasteiger partial charge in [-0.1, -0.05) is 0 Å². The van der Waals surface area contributed by atoms with E-state index in [9.17, 15) is 4.79 Å². The molecule has 134 valence electrons. The van der Waals surface area contributed by atoms with Crippen LogP contribution in [0.15, 0.2) is 29.7 Å². The van der Waals surface area contributed by atoms with Gasteiger partial charge in [0, 0.05) is 56.8 Å². The Kier molecular flexibility index (Phi) is 4.34. The van der Waals surface area contributed by atoms with Gasteiger partial charge in [-0.15, -0.1) is 0 Å². The average molecular weight is 351 g/mol. The van der Waals surface area contributed by atoms with Gasteiger partial charge in [-0.25, -0.2) is 15.0 Å². The minimum atomic E-state index is -0.0838. The van der Waals surface area contributed by atoms with Gasteiger partial charge in [0.05, 0.1) is 22.5 Å². The number of aromatic nitrogens is 6. The van der Waals surface area contributed by atoms with E-state index in [2.05, 4.69) is 43.1 Å². The molecule has 3 aromatic heterocycles. The van der Waals surface area contributed by atoms with Crippen LogP contribution < -0.4 is 5.56 Å². The van der Waals surface area contributed by atoms with E-state index in [1.165, 1.54) is 11.9 Å². The summed E-state index contributed by atoms with van der Waals surface area (Å²) in [6, 6.07) is 0. The first-order valence-electron chi connectivity index (χ1n) is 8.76. The highest BCUT2D eigenvalue weighted by Gasteiger charge is 2.22. The summed E-state index contributed by atoms with van der Waals surface area (Å²) in [5, 5.41) is 4.50. The van der Waals surface area contributed by atoms with Crippen molar-refractivity contribution in [2.75, 3.05) is 6.54 Å². The Bertz CT molecular complexity index is 977. The van der Waals surface area contributed by atoms with Crippen LogP contribution >= 0.6 is 0 Å². The predicted octanol–water partition coefficient (Wildman–Crippen LogP) is 1.31. The molecule has 0 aliphatic carbocycles. The van der Waals surface area contributed by atoms with E-state index in [-0.39, 0.29) is 5.56 Å². The molecule has 0 unspecified atom stereocenters. The summed E-state index contributed by atoms with van der Waals surface area (Å²) in [4.78, 5) is 30.4. The van der Waals surface area contributed by atoms with Gasteiger partial charge in [-0.2, -0.15) is 5.10 Å².